The smallest absolute Gasteiger partial charge is 0.329 e. The average molecular weight is 549 g/mol. The first-order chi connectivity index (χ1) is 17.5. The third-order valence-corrected chi connectivity index (χ3v) is 11.1. The Bertz CT molecular complexity index is 729. The van der Waals surface area contributed by atoms with Gasteiger partial charge >= 0.3 is 5.92 Å². The molecule has 2 rings (SSSR count). The van der Waals surface area contributed by atoms with Crippen LogP contribution in [0, 0.1) is 22.7 Å². The number of alkyl halides is 4. The number of rotatable bonds is 8. The Morgan fingerprint density at radius 2 is 1.08 bits per heavy atom. The monoisotopic (exact) mass is 548 g/mol. The second kappa shape index (κ2) is 13.1. The molecule has 4 atom stereocenters. The van der Waals surface area contributed by atoms with E-state index >= 15 is 17.6 Å². The minimum absolute atomic E-state index is 0.00570. The van der Waals surface area contributed by atoms with Gasteiger partial charge in [0, 0.05) is 5.50 Å². The van der Waals surface area contributed by atoms with E-state index in [2.05, 4.69) is 41.5 Å². The average Bonchev–Trinajstić information content (AvgIpc) is 2.93. The molecule has 0 aliphatic heterocycles. The van der Waals surface area contributed by atoms with Crippen molar-refractivity contribution in [2.24, 2.45) is 22.7 Å². The van der Waals surface area contributed by atoms with Crippen LogP contribution in [0.25, 0.3) is 0 Å². The van der Waals surface area contributed by atoms with Gasteiger partial charge in [0.25, 0.3) is 13.1 Å². The summed E-state index contributed by atoms with van der Waals surface area (Å²) in [6, 6.07) is 0. The van der Waals surface area contributed by atoms with Gasteiger partial charge in [-0.1, -0.05) is 99.3 Å². The van der Waals surface area contributed by atoms with Gasteiger partial charge in [-0.15, -0.1) is 0 Å². The highest BCUT2D eigenvalue weighted by Gasteiger charge is 2.69. The van der Waals surface area contributed by atoms with Crippen molar-refractivity contribution in [2.45, 2.75) is 174 Å². The van der Waals surface area contributed by atoms with Crippen LogP contribution >= 0.6 is 0 Å². The molecule has 4 unspecified atom stereocenters. The zero-order valence-corrected chi connectivity index (χ0v) is 25.3. The minimum atomic E-state index is -4.61. The van der Waals surface area contributed by atoms with Crippen molar-refractivity contribution in [3.8, 4) is 0 Å². The molecule has 0 bridgehead atoms. The van der Waals surface area contributed by atoms with Gasteiger partial charge in [-0.3, -0.25) is 0 Å². The molecule has 0 radical (unpaired) electrons. The predicted octanol–water partition coefficient (Wildman–Crippen LogP) is 9.05. The summed E-state index contributed by atoms with van der Waals surface area (Å²) in [5.74, 6) is -8.76. The molecule has 2 aliphatic carbocycles. The first-order valence-corrected chi connectivity index (χ1v) is 15.7. The lowest BCUT2D eigenvalue weighted by Gasteiger charge is -2.44. The summed E-state index contributed by atoms with van der Waals surface area (Å²) in [6.07, 6.45) is 9.18. The van der Waals surface area contributed by atoms with Crippen molar-refractivity contribution < 1.29 is 27.8 Å². The highest BCUT2D eigenvalue weighted by molar-refractivity contribution is 6.43. The zero-order valence-electron chi connectivity index (χ0n) is 25.3. The molecule has 0 aromatic rings. The summed E-state index contributed by atoms with van der Waals surface area (Å²) in [6.45, 7) is 12.7. The number of aliphatic hydroxyl groups is 2. The van der Waals surface area contributed by atoms with Gasteiger partial charge in [0.1, 0.15) is 5.60 Å². The fourth-order valence-electron chi connectivity index (χ4n) is 7.07. The Balaban J connectivity index is 2.29. The van der Waals surface area contributed by atoms with Gasteiger partial charge in [-0.2, -0.15) is 8.78 Å². The highest BCUT2D eigenvalue weighted by atomic mass is 19.3. The number of hydrogen-bond donors (Lipinski definition) is 2. The summed E-state index contributed by atoms with van der Waals surface area (Å²) in [7, 11) is -1.29. The molecule has 2 N–H and O–H groups in total. The third kappa shape index (κ3) is 8.14. The molecule has 0 spiro atoms. The molecule has 2 aliphatic rings. The lowest BCUT2D eigenvalue weighted by Crippen LogP contribution is -2.64. The summed E-state index contributed by atoms with van der Waals surface area (Å²) >= 11 is 0. The maximum Gasteiger partial charge on any atom is 0.329 e. The SMILES string of the molecule is CCC(C)(C)C1CCCCCC(O)(BC(F)(F)C(F)(F)C2(O)CCCCCCC(C(C)(C)CC)CC2)CC1. The Hall–Kier alpha value is -0.295. The summed E-state index contributed by atoms with van der Waals surface area (Å²) in [4.78, 5) is 0. The van der Waals surface area contributed by atoms with E-state index in [9.17, 15) is 10.2 Å². The fraction of sp³-hybridized carbons (Fsp3) is 1.00. The molecule has 2 fully saturated rings. The molecule has 38 heavy (non-hydrogen) atoms. The third-order valence-electron chi connectivity index (χ3n) is 11.1. The van der Waals surface area contributed by atoms with Crippen LogP contribution in [0.3, 0.4) is 0 Å². The summed E-state index contributed by atoms with van der Waals surface area (Å²) in [5, 5.41) is 22.7. The lowest BCUT2D eigenvalue weighted by atomic mass is 9.49. The van der Waals surface area contributed by atoms with Gasteiger partial charge < -0.3 is 10.2 Å². The molecule has 0 aromatic carbocycles. The van der Waals surface area contributed by atoms with Crippen molar-refractivity contribution in [3.05, 3.63) is 0 Å². The van der Waals surface area contributed by atoms with Crippen molar-refractivity contribution in [1.29, 1.82) is 0 Å². The van der Waals surface area contributed by atoms with Gasteiger partial charge in [0.15, 0.2) is 0 Å². The fourth-order valence-corrected chi connectivity index (χ4v) is 7.07. The van der Waals surface area contributed by atoms with E-state index in [0.29, 0.717) is 32.1 Å². The van der Waals surface area contributed by atoms with Crippen LogP contribution in [0.2, 0.25) is 0 Å². The standard InChI is InChI=1S/C31H57BF4O2/c1-7-26(3,4)24-16-12-9-10-14-20-28(37,22-18-24)30(33,34)31(35,36)32-29(38)21-15-11-13-17-25(19-23-29)27(5,6)8-2/h24-25,32,37-38H,7-23H2,1-6H3. The second-order valence-electron chi connectivity index (χ2n) is 14.4. The maximum absolute atomic E-state index is 15.9. The Labute approximate surface area is 231 Å². The zero-order chi connectivity index (χ0) is 28.9. The van der Waals surface area contributed by atoms with E-state index < -0.39 is 30.1 Å². The van der Waals surface area contributed by atoms with E-state index in [0.717, 1.165) is 51.4 Å². The summed E-state index contributed by atoms with van der Waals surface area (Å²) < 4.78 is 63.3. The Kier molecular flexibility index (Phi) is 11.7. The van der Waals surface area contributed by atoms with E-state index in [1.807, 2.05) is 0 Å². The van der Waals surface area contributed by atoms with E-state index in [-0.39, 0.29) is 48.3 Å². The van der Waals surface area contributed by atoms with Crippen LogP contribution in [0.1, 0.15) is 151 Å². The predicted molar refractivity (Wildman–Crippen MR) is 151 cm³/mol. The molecule has 0 aromatic heterocycles. The van der Waals surface area contributed by atoms with Crippen molar-refractivity contribution in [1.82, 2.24) is 0 Å². The number of halogens is 4. The van der Waals surface area contributed by atoms with Crippen LogP contribution in [0.15, 0.2) is 0 Å². The molecule has 7 heteroatoms. The molecular formula is C31H57BF4O2. The van der Waals surface area contributed by atoms with Crippen molar-refractivity contribution in [3.63, 3.8) is 0 Å². The molecular weight excluding hydrogens is 491 g/mol. The molecule has 0 heterocycles. The maximum atomic E-state index is 15.9. The van der Waals surface area contributed by atoms with Crippen molar-refractivity contribution >= 4 is 7.28 Å². The van der Waals surface area contributed by atoms with Crippen LogP contribution < -0.4 is 0 Å². The topological polar surface area (TPSA) is 40.5 Å². The quantitative estimate of drug-likeness (QED) is 0.235. The Morgan fingerprint density at radius 1 is 0.632 bits per heavy atom. The largest absolute Gasteiger partial charge is 0.398 e. The minimum Gasteiger partial charge on any atom is -0.398 e. The molecule has 0 saturated heterocycles. The van der Waals surface area contributed by atoms with Crippen LogP contribution in [-0.2, 0) is 0 Å². The van der Waals surface area contributed by atoms with E-state index in [4.69, 9.17) is 0 Å². The first kappa shape index (κ1) is 33.9. The van der Waals surface area contributed by atoms with Gasteiger partial charge in [-0.05, 0) is 74.0 Å². The number of hydrogen-bond acceptors (Lipinski definition) is 2. The van der Waals surface area contributed by atoms with E-state index in [1.165, 1.54) is 0 Å². The van der Waals surface area contributed by atoms with Crippen LogP contribution in [0.4, 0.5) is 17.6 Å². The van der Waals surface area contributed by atoms with Crippen LogP contribution in [-0.4, -0.2) is 40.3 Å². The van der Waals surface area contributed by atoms with Gasteiger partial charge in [0.05, 0.1) is 0 Å². The molecule has 0 amide bonds. The molecule has 2 saturated carbocycles. The lowest BCUT2D eigenvalue weighted by molar-refractivity contribution is -0.269. The van der Waals surface area contributed by atoms with Gasteiger partial charge in [-0.25, -0.2) is 8.78 Å². The molecule has 2 nitrogen and oxygen atoms in total. The van der Waals surface area contributed by atoms with Crippen LogP contribution in [0.5, 0.6) is 0 Å². The normalized spacial score (nSPS) is 32.1. The summed E-state index contributed by atoms with van der Waals surface area (Å²) in [5.41, 5.74) is -4.74. The second-order valence-corrected chi connectivity index (χ2v) is 14.4. The van der Waals surface area contributed by atoms with E-state index in [1.54, 1.807) is 0 Å². The Morgan fingerprint density at radius 3 is 1.61 bits per heavy atom. The highest BCUT2D eigenvalue weighted by Crippen LogP contribution is 2.51. The van der Waals surface area contributed by atoms with Crippen molar-refractivity contribution in [2.75, 3.05) is 0 Å². The first-order valence-electron chi connectivity index (χ1n) is 15.7. The van der Waals surface area contributed by atoms with Gasteiger partial charge in [0.2, 0.25) is 0 Å². The molecule has 224 valence electrons.